The summed E-state index contributed by atoms with van der Waals surface area (Å²) in [4.78, 5) is 63.4. The number of carbonyl (C=O) groups excluding carboxylic acids is 6. The maximum absolute atomic E-state index is 11.7. The van der Waals surface area contributed by atoms with Crippen molar-refractivity contribution < 1.29 is 179 Å². The molecule has 0 aromatic carbocycles. The Kier molecular flexibility index (Phi) is 34.9. The van der Waals surface area contributed by atoms with Crippen LogP contribution >= 0.6 is 0 Å². The summed E-state index contributed by atoms with van der Waals surface area (Å²) in [5.74, 6) is -0.978. The van der Waals surface area contributed by atoms with E-state index in [4.69, 9.17) is 28.8 Å². The van der Waals surface area contributed by atoms with Crippen molar-refractivity contribution >= 4 is 139 Å². The van der Waals surface area contributed by atoms with Gasteiger partial charge >= 0.3 is 65.9 Å². The molecule has 91 heavy (non-hydrogen) atoms. The van der Waals surface area contributed by atoms with Crippen LogP contribution in [0.3, 0.4) is 0 Å². The van der Waals surface area contributed by atoms with Crippen LogP contribution in [0.2, 0.25) is 98.2 Å². The molecule has 0 aromatic rings. The normalized spacial score (nSPS) is 22.7. The Morgan fingerprint density at radius 3 is 1.01 bits per heavy atom. The van der Waals surface area contributed by atoms with E-state index in [1.807, 2.05) is 19.6 Å². The SMILES string of the molecule is CC1OC(=O)OC1S(=O)(=O)O[Si](C)(C)C.C[Si](C)(C)OS(=O)(=O)C1COC(=O)O1.C[Si](C)(C)OS(=O)(=O)CC1COC(=O)O1.C[Si](C)(C)OS(=O)(=O)CCC1COC(=O)O1.C[Si](C)(C)OS(=O)(=O)CCCC1COC(=O)O1.O=C1OCC(CCCS(=O)(=O)[O-])O1.[Li+]. The molecule has 0 N–H and O–H groups in total. The summed E-state index contributed by atoms with van der Waals surface area (Å²) in [7, 11) is -33.4. The van der Waals surface area contributed by atoms with E-state index in [0.29, 0.717) is 19.3 Å². The van der Waals surface area contributed by atoms with Crippen LogP contribution in [0.15, 0.2) is 0 Å². The number of carbonyl (C=O) groups is 6. The first-order chi connectivity index (χ1) is 40.3. The minimum atomic E-state index is -4.16. The zero-order chi connectivity index (χ0) is 69.9. The van der Waals surface area contributed by atoms with Gasteiger partial charge in [-0.1, -0.05) is 0 Å². The second-order valence-electron chi connectivity index (χ2n) is 24.4. The van der Waals surface area contributed by atoms with Gasteiger partial charge in [-0.2, -0.15) is 16.8 Å². The summed E-state index contributed by atoms with van der Waals surface area (Å²) >= 11 is 0. The minimum absolute atomic E-state index is 0. The minimum Gasteiger partial charge on any atom is -0.748 e. The molecule has 0 saturated carbocycles. The van der Waals surface area contributed by atoms with Crippen molar-refractivity contribution in [3.05, 3.63) is 0 Å². The molecule has 48 heteroatoms. The van der Waals surface area contributed by atoms with Crippen LogP contribution in [0.25, 0.3) is 0 Å². The molecule has 0 aromatic heterocycles. The fourth-order valence-corrected chi connectivity index (χ4v) is 26.5. The largest absolute Gasteiger partial charge is 1.00 e. The van der Waals surface area contributed by atoms with E-state index in [1.165, 1.54) is 6.92 Å². The topological polar surface area (TPSA) is 487 Å². The van der Waals surface area contributed by atoms with Crippen molar-refractivity contribution in [1.29, 1.82) is 0 Å². The van der Waals surface area contributed by atoms with Gasteiger partial charge in [0.15, 0.2) is 12.2 Å². The van der Waals surface area contributed by atoms with Crippen LogP contribution in [-0.4, -0.2) is 231 Å². The zero-order valence-electron chi connectivity index (χ0n) is 53.6. The summed E-state index contributed by atoms with van der Waals surface area (Å²) in [6.07, 6.45) is -6.15. The Morgan fingerprint density at radius 2 is 0.692 bits per heavy atom. The van der Waals surface area contributed by atoms with Crippen LogP contribution in [0.5, 0.6) is 0 Å². The third-order valence-corrected chi connectivity index (χ3v) is 29.4. The average molecular weight is 1520 g/mol. The van der Waals surface area contributed by atoms with Crippen molar-refractivity contribution in [3.8, 4) is 0 Å². The summed E-state index contributed by atoms with van der Waals surface area (Å²) < 4.78 is 226. The summed E-state index contributed by atoms with van der Waals surface area (Å²) in [6, 6.07) is 0. The third-order valence-electron chi connectivity index (χ3n) is 9.43. The molecule has 0 aliphatic carbocycles. The first-order valence-electron chi connectivity index (χ1n) is 27.0. The van der Waals surface area contributed by atoms with Gasteiger partial charge in [-0.3, -0.25) is 0 Å². The molecule has 36 nitrogen and oxygen atoms in total. The molecule has 6 heterocycles. The van der Waals surface area contributed by atoms with Crippen molar-refractivity contribution in [2.75, 3.05) is 56.0 Å². The molecular formula is C43H83LiO36S6Si5. The Bertz CT molecular complexity index is 3120. The predicted octanol–water partition coefficient (Wildman–Crippen LogP) is 1.84. The Labute approximate surface area is 549 Å². The molecule has 6 saturated heterocycles. The molecule has 0 radical (unpaired) electrons. The summed E-state index contributed by atoms with van der Waals surface area (Å²) in [5, 5.41) is 0. The summed E-state index contributed by atoms with van der Waals surface area (Å²) in [5.41, 5.74) is -2.67. The standard InChI is InChI=1S/C9H18O6SSi.C8H16O6SSi.2C7H14O6SSi.C6H12O6SSi.C6H10O6S.Li/c1-17(2,3)15-16(11,12)6-4-5-8-7-13-9(10)14-8;1-16(2,3)14-15(10,11)5-4-7-6-12-8(9)13-7;1-15(2,3)13-14(9,10)5-6-4-11-7(8)12-6;1-5-6(12-7(8)11-5)14(9,10)13-15(2,3)4;1-14(2,3)12-13(8,9)5-4-10-6(7)11-5;7-6-11-4-5(12-6)2-1-3-13(8,9)10;/h8H,4-7H2,1-3H3;7H,4-6H2,1-3H3;6H,4-5H2,1-3H3;5-6H,1-4H3;5H,4H2,1-3H3;5H,1-4H2,(H,8,9,10);/q;;;;;;+1/p-1. The van der Waals surface area contributed by atoms with Crippen LogP contribution in [0, 0.1) is 0 Å². The average Bonchev–Trinajstić information content (AvgIpc) is 2.69. The second kappa shape index (κ2) is 36.2. The Balaban J connectivity index is 0.00000107. The smallest absolute Gasteiger partial charge is 0.748 e. The molecule has 0 bridgehead atoms. The molecule has 0 spiro atoms. The van der Waals surface area contributed by atoms with E-state index in [2.05, 4.69) is 47.4 Å². The number of hydrogen-bond acceptors (Lipinski definition) is 36. The number of cyclic esters (lactones) is 12. The second-order valence-corrected chi connectivity index (χ2v) is 57.9. The third kappa shape index (κ3) is 42.7. The van der Waals surface area contributed by atoms with Gasteiger partial charge in [0.05, 0.1) is 21.6 Å². The predicted molar refractivity (Wildman–Crippen MR) is 321 cm³/mol. The van der Waals surface area contributed by atoms with Crippen LogP contribution in [0.4, 0.5) is 28.8 Å². The molecule has 7 unspecified atom stereocenters. The van der Waals surface area contributed by atoms with Gasteiger partial charge in [0.25, 0.3) is 51.3 Å². The first-order valence-corrected chi connectivity index (χ1v) is 53.3. The Morgan fingerprint density at radius 1 is 0.374 bits per heavy atom. The monoisotopic (exact) mass is 1510 g/mol. The maximum Gasteiger partial charge on any atom is 1.00 e. The van der Waals surface area contributed by atoms with Gasteiger partial charge in [0.1, 0.15) is 57.1 Å². The maximum atomic E-state index is 11.7. The van der Waals surface area contributed by atoms with E-state index < -0.39 is 180 Å². The van der Waals surface area contributed by atoms with Gasteiger partial charge in [-0.05, 0) is 131 Å². The molecule has 6 rings (SSSR count). The molecule has 528 valence electrons. The number of ether oxygens (including phenoxy) is 12. The van der Waals surface area contributed by atoms with Gasteiger partial charge in [0, 0.05) is 12.2 Å². The van der Waals surface area contributed by atoms with Crippen LogP contribution in [-0.2, 0) is 137 Å². The fraction of sp³-hybridized carbons (Fsp3) is 0.860. The van der Waals surface area contributed by atoms with Crippen LogP contribution < -0.4 is 18.9 Å². The molecule has 6 aliphatic heterocycles. The first kappa shape index (κ1) is 87.8. The van der Waals surface area contributed by atoms with Gasteiger partial charge in [0.2, 0.25) is 41.6 Å². The number of hydrogen-bond donors (Lipinski definition) is 0. The van der Waals surface area contributed by atoms with Crippen molar-refractivity contribution in [2.24, 2.45) is 0 Å². The van der Waals surface area contributed by atoms with Crippen molar-refractivity contribution in [1.82, 2.24) is 0 Å². The molecule has 6 fully saturated rings. The fourth-order valence-electron chi connectivity index (χ4n) is 6.68. The van der Waals surface area contributed by atoms with Gasteiger partial charge in [-0.15, -0.1) is 0 Å². The van der Waals surface area contributed by atoms with E-state index >= 15 is 0 Å². The van der Waals surface area contributed by atoms with Gasteiger partial charge < -0.3 is 80.8 Å². The van der Waals surface area contributed by atoms with Crippen molar-refractivity contribution in [3.63, 3.8) is 0 Å². The van der Waals surface area contributed by atoms with Crippen molar-refractivity contribution in [2.45, 2.75) is 179 Å². The van der Waals surface area contributed by atoms with E-state index in [9.17, 15) is 83.8 Å². The zero-order valence-corrected chi connectivity index (χ0v) is 63.5. The van der Waals surface area contributed by atoms with E-state index in [-0.39, 0.29) is 88.1 Å². The number of rotatable bonds is 25. The molecule has 6 aliphatic rings. The quantitative estimate of drug-likeness (QED) is 0.0544. The van der Waals surface area contributed by atoms with E-state index in [0.717, 1.165) is 0 Å². The van der Waals surface area contributed by atoms with E-state index in [1.54, 1.807) is 78.6 Å². The molecule has 7 atom stereocenters. The molecule has 0 amide bonds. The molecular weight excluding hydrogens is 1430 g/mol. The Hall–Kier alpha value is -3.24. The van der Waals surface area contributed by atoms with Gasteiger partial charge in [-0.25, -0.2) is 62.4 Å². The van der Waals surface area contributed by atoms with Crippen LogP contribution in [0.1, 0.15) is 39.0 Å². The summed E-state index contributed by atoms with van der Waals surface area (Å²) in [6.45, 7) is 28.1.